The van der Waals surface area contributed by atoms with Crippen molar-refractivity contribution in [3.63, 3.8) is 0 Å². The van der Waals surface area contributed by atoms with E-state index in [4.69, 9.17) is 0 Å². The number of amides is 4. The molecule has 1 atom stereocenters. The van der Waals surface area contributed by atoms with Crippen LogP contribution in [0.4, 0.5) is 21.9 Å². The normalized spacial score (nSPS) is 14.9. The molecule has 2 aliphatic rings. The van der Waals surface area contributed by atoms with Crippen molar-refractivity contribution in [3.05, 3.63) is 173 Å². The summed E-state index contributed by atoms with van der Waals surface area (Å²) in [6.07, 6.45) is 1.41. The van der Waals surface area contributed by atoms with Gasteiger partial charge in [-0.3, -0.25) is 14.5 Å². The maximum absolute atomic E-state index is 14.9. The standard InChI is InChI=1S/C46H43N5O3/c1-31-25-33-15-13-14-16-35(33)30-50(31)44(52)42-27-36-29-49(46(54)47-37-17-7-4-8-18-37)24-23-34(36)26-41(42)43-28-40(32(2)48(43)3)45(53)51(38-19-9-5-10-20-38)39-21-11-6-12-22-39/h4-22,26-28,31H,23-25,29-30H2,1-3H3,(H,47,54)/t31-/m1/s1. The van der Waals surface area contributed by atoms with Crippen LogP contribution in [0.1, 0.15) is 55.6 Å². The number of rotatable bonds is 6. The summed E-state index contributed by atoms with van der Waals surface area (Å²) >= 11 is 0. The van der Waals surface area contributed by atoms with Gasteiger partial charge < -0.3 is 19.7 Å². The summed E-state index contributed by atoms with van der Waals surface area (Å²) < 4.78 is 2.03. The molecule has 0 spiro atoms. The van der Waals surface area contributed by atoms with Crippen molar-refractivity contribution in [2.24, 2.45) is 7.05 Å². The lowest BCUT2D eigenvalue weighted by molar-refractivity contribution is 0.0658. The van der Waals surface area contributed by atoms with E-state index in [-0.39, 0.29) is 23.9 Å². The molecule has 2 aliphatic heterocycles. The van der Waals surface area contributed by atoms with Gasteiger partial charge in [0.05, 0.1) is 5.56 Å². The van der Waals surface area contributed by atoms with Gasteiger partial charge in [-0.1, -0.05) is 78.9 Å². The summed E-state index contributed by atoms with van der Waals surface area (Å²) in [6.45, 7) is 5.49. The van der Waals surface area contributed by atoms with Gasteiger partial charge in [0.25, 0.3) is 11.8 Å². The van der Waals surface area contributed by atoms with Crippen molar-refractivity contribution in [1.29, 1.82) is 0 Å². The third kappa shape index (κ3) is 6.56. The molecule has 0 bridgehead atoms. The summed E-state index contributed by atoms with van der Waals surface area (Å²) in [7, 11) is 1.96. The number of aromatic nitrogens is 1. The van der Waals surface area contributed by atoms with Crippen LogP contribution >= 0.6 is 0 Å². The first-order valence-electron chi connectivity index (χ1n) is 18.5. The fourth-order valence-corrected chi connectivity index (χ4v) is 7.83. The molecule has 0 aliphatic carbocycles. The number of nitrogens with zero attached hydrogens (tertiary/aromatic N) is 4. The van der Waals surface area contributed by atoms with E-state index < -0.39 is 0 Å². The fourth-order valence-electron chi connectivity index (χ4n) is 7.83. The molecule has 0 unspecified atom stereocenters. The number of nitrogens with one attached hydrogen (secondary N) is 1. The highest BCUT2D eigenvalue weighted by Gasteiger charge is 2.33. The molecule has 8 rings (SSSR count). The summed E-state index contributed by atoms with van der Waals surface area (Å²) in [5, 5.41) is 3.02. The Morgan fingerprint density at radius 2 is 1.30 bits per heavy atom. The van der Waals surface area contributed by atoms with Gasteiger partial charge in [0.1, 0.15) is 0 Å². The second-order valence-corrected chi connectivity index (χ2v) is 14.3. The summed E-state index contributed by atoms with van der Waals surface area (Å²) in [6, 6.07) is 43.0. The van der Waals surface area contributed by atoms with E-state index in [0.717, 1.165) is 57.1 Å². The van der Waals surface area contributed by atoms with Crippen LogP contribution in [-0.2, 0) is 33.0 Å². The van der Waals surface area contributed by atoms with Gasteiger partial charge in [-0.05, 0) is 104 Å². The monoisotopic (exact) mass is 713 g/mol. The summed E-state index contributed by atoms with van der Waals surface area (Å²) in [5.41, 5.74) is 10.2. The first-order chi connectivity index (χ1) is 26.3. The van der Waals surface area contributed by atoms with Crippen molar-refractivity contribution < 1.29 is 14.4 Å². The highest BCUT2D eigenvalue weighted by molar-refractivity contribution is 6.12. The highest BCUT2D eigenvalue weighted by atomic mass is 16.2. The smallest absolute Gasteiger partial charge is 0.322 e. The number of hydrogen-bond donors (Lipinski definition) is 1. The fraction of sp³-hybridized carbons (Fsp3) is 0.196. The average Bonchev–Trinajstić information content (AvgIpc) is 3.50. The molecule has 1 aromatic heterocycles. The van der Waals surface area contributed by atoms with Crippen LogP contribution in [0.5, 0.6) is 0 Å². The largest absolute Gasteiger partial charge is 0.347 e. The Kier molecular flexibility index (Phi) is 9.34. The Hall–Kier alpha value is -6.41. The van der Waals surface area contributed by atoms with E-state index in [0.29, 0.717) is 37.2 Å². The molecule has 0 radical (unpaired) electrons. The summed E-state index contributed by atoms with van der Waals surface area (Å²) in [4.78, 5) is 48.5. The molecule has 3 heterocycles. The topological polar surface area (TPSA) is 77.9 Å². The van der Waals surface area contributed by atoms with Crippen molar-refractivity contribution in [2.45, 2.75) is 45.8 Å². The first kappa shape index (κ1) is 34.7. The second-order valence-electron chi connectivity index (χ2n) is 14.3. The Morgan fingerprint density at radius 3 is 1.96 bits per heavy atom. The van der Waals surface area contributed by atoms with Crippen LogP contribution in [0, 0.1) is 6.92 Å². The van der Waals surface area contributed by atoms with Gasteiger partial charge in [0, 0.05) is 72.3 Å². The van der Waals surface area contributed by atoms with E-state index in [2.05, 4.69) is 36.5 Å². The number of hydrogen-bond acceptors (Lipinski definition) is 3. The zero-order chi connectivity index (χ0) is 37.3. The molecular weight excluding hydrogens is 671 g/mol. The number of benzene rings is 5. The molecule has 5 aromatic carbocycles. The second kappa shape index (κ2) is 14.5. The molecule has 1 N–H and O–H groups in total. The van der Waals surface area contributed by atoms with Crippen molar-refractivity contribution in [2.75, 3.05) is 16.8 Å². The number of fused-ring (bicyclic) bond motifs is 2. The Labute approximate surface area is 316 Å². The Morgan fingerprint density at radius 1 is 0.685 bits per heavy atom. The van der Waals surface area contributed by atoms with Crippen LogP contribution in [0.15, 0.2) is 133 Å². The zero-order valence-corrected chi connectivity index (χ0v) is 30.8. The molecule has 0 saturated heterocycles. The van der Waals surface area contributed by atoms with Gasteiger partial charge in [0.2, 0.25) is 0 Å². The van der Waals surface area contributed by atoms with Gasteiger partial charge in [-0.25, -0.2) is 4.79 Å². The minimum atomic E-state index is -0.173. The van der Waals surface area contributed by atoms with Gasteiger partial charge in [-0.2, -0.15) is 0 Å². The third-order valence-electron chi connectivity index (χ3n) is 10.9. The number of carbonyl (C=O) groups is 3. The number of carbonyl (C=O) groups excluding carboxylic acids is 3. The van der Waals surface area contributed by atoms with E-state index >= 15 is 0 Å². The quantitative estimate of drug-likeness (QED) is 0.187. The van der Waals surface area contributed by atoms with E-state index in [1.165, 1.54) is 5.56 Å². The SMILES string of the molecule is Cc1c(C(=O)N(c2ccccc2)c2ccccc2)cc(-c2cc3c(cc2C(=O)N2Cc4ccccc4C[C@H]2C)CN(C(=O)Nc2ccccc2)CC3)n1C. The number of anilines is 3. The van der Waals surface area contributed by atoms with Crippen molar-refractivity contribution >= 4 is 34.9 Å². The lowest BCUT2D eigenvalue weighted by Crippen LogP contribution is -2.43. The van der Waals surface area contributed by atoms with Crippen molar-refractivity contribution in [3.8, 4) is 11.3 Å². The minimum Gasteiger partial charge on any atom is -0.347 e. The first-order valence-corrected chi connectivity index (χ1v) is 18.5. The molecular formula is C46H43N5O3. The molecule has 0 fully saturated rings. The van der Waals surface area contributed by atoms with Gasteiger partial charge in [0.15, 0.2) is 0 Å². The lowest BCUT2D eigenvalue weighted by atomic mass is 9.90. The molecule has 6 aromatic rings. The Bertz CT molecular complexity index is 2310. The molecule has 0 saturated carbocycles. The van der Waals surface area contributed by atoms with Crippen LogP contribution in [-0.4, -0.2) is 44.8 Å². The van der Waals surface area contributed by atoms with E-state index in [1.54, 1.807) is 9.80 Å². The number of urea groups is 1. The van der Waals surface area contributed by atoms with Crippen LogP contribution in [0.3, 0.4) is 0 Å². The summed E-state index contributed by atoms with van der Waals surface area (Å²) in [5.74, 6) is -0.221. The average molecular weight is 714 g/mol. The minimum absolute atomic E-state index is 0.0120. The number of para-hydroxylation sites is 3. The molecule has 8 nitrogen and oxygen atoms in total. The van der Waals surface area contributed by atoms with E-state index in [9.17, 15) is 14.4 Å². The maximum Gasteiger partial charge on any atom is 0.322 e. The van der Waals surface area contributed by atoms with E-state index in [1.807, 2.05) is 133 Å². The molecule has 4 amide bonds. The zero-order valence-electron chi connectivity index (χ0n) is 30.8. The molecule has 8 heteroatoms. The maximum atomic E-state index is 14.9. The predicted molar refractivity (Wildman–Crippen MR) is 214 cm³/mol. The Balaban J connectivity index is 1.20. The van der Waals surface area contributed by atoms with Gasteiger partial charge in [-0.15, -0.1) is 0 Å². The van der Waals surface area contributed by atoms with Crippen molar-refractivity contribution in [1.82, 2.24) is 14.4 Å². The third-order valence-corrected chi connectivity index (χ3v) is 10.9. The lowest BCUT2D eigenvalue weighted by Gasteiger charge is -2.36. The van der Waals surface area contributed by atoms with Crippen LogP contribution in [0.25, 0.3) is 11.3 Å². The predicted octanol–water partition coefficient (Wildman–Crippen LogP) is 9.16. The van der Waals surface area contributed by atoms with Crippen LogP contribution < -0.4 is 10.2 Å². The molecule has 270 valence electrons. The van der Waals surface area contributed by atoms with Crippen LogP contribution in [0.2, 0.25) is 0 Å². The highest BCUT2D eigenvalue weighted by Crippen LogP contribution is 2.37. The molecule has 54 heavy (non-hydrogen) atoms. The van der Waals surface area contributed by atoms with Gasteiger partial charge >= 0.3 is 6.03 Å².